The molecular formula is C21H22ClNO3. The van der Waals surface area contributed by atoms with Crippen molar-refractivity contribution in [2.45, 2.75) is 25.9 Å². The van der Waals surface area contributed by atoms with Crippen LogP contribution in [0.5, 0.6) is 5.75 Å². The van der Waals surface area contributed by atoms with Crippen LogP contribution in [-0.2, 0) is 11.2 Å². The molecular weight excluding hydrogens is 350 g/mol. The zero-order chi connectivity index (χ0) is 19.0. The molecule has 2 aromatic carbocycles. The predicted molar refractivity (Wildman–Crippen MR) is 104 cm³/mol. The van der Waals surface area contributed by atoms with E-state index >= 15 is 0 Å². The number of ether oxygens (including phenoxy) is 2. The summed E-state index contributed by atoms with van der Waals surface area (Å²) in [5.41, 5.74) is 1.38. The van der Waals surface area contributed by atoms with E-state index in [1.54, 1.807) is 13.8 Å². The standard InChI is InChI=1S/C21H22ClNO3/c1-4-21(2,3)26-20(24)23-12-13-25-19-11-10-17(15-18(19)22)14-16-8-6-5-7-9-16/h1,5-11,15H,12-14H2,2-3H3,(H,23,24). The molecule has 0 bridgehead atoms. The molecule has 2 aromatic rings. The number of nitrogens with one attached hydrogen (secondary N) is 1. The van der Waals surface area contributed by atoms with Crippen molar-refractivity contribution in [3.8, 4) is 18.1 Å². The largest absolute Gasteiger partial charge is 0.490 e. The van der Waals surface area contributed by atoms with Gasteiger partial charge in [-0.3, -0.25) is 0 Å². The molecule has 0 aliphatic carbocycles. The molecule has 0 saturated heterocycles. The van der Waals surface area contributed by atoms with E-state index in [1.165, 1.54) is 5.56 Å². The molecule has 1 N–H and O–H groups in total. The number of alkyl carbamates (subject to hydrolysis) is 1. The lowest BCUT2D eigenvalue weighted by atomic mass is 10.1. The highest BCUT2D eigenvalue weighted by Gasteiger charge is 2.18. The second-order valence-corrected chi connectivity index (χ2v) is 6.65. The number of hydrogen-bond donors (Lipinski definition) is 1. The van der Waals surface area contributed by atoms with Crippen molar-refractivity contribution in [3.05, 3.63) is 64.7 Å². The Hall–Kier alpha value is -2.64. The van der Waals surface area contributed by atoms with Crippen LogP contribution in [0, 0.1) is 12.3 Å². The van der Waals surface area contributed by atoms with E-state index in [0.717, 1.165) is 12.0 Å². The maximum atomic E-state index is 11.6. The molecule has 0 fully saturated rings. The van der Waals surface area contributed by atoms with Gasteiger partial charge in [-0.05, 0) is 43.5 Å². The van der Waals surface area contributed by atoms with E-state index in [9.17, 15) is 4.79 Å². The van der Waals surface area contributed by atoms with Gasteiger partial charge < -0.3 is 14.8 Å². The fourth-order valence-electron chi connectivity index (χ4n) is 2.21. The van der Waals surface area contributed by atoms with Crippen LogP contribution in [0.25, 0.3) is 0 Å². The van der Waals surface area contributed by atoms with E-state index < -0.39 is 11.7 Å². The van der Waals surface area contributed by atoms with Gasteiger partial charge in [-0.1, -0.05) is 53.9 Å². The van der Waals surface area contributed by atoms with Gasteiger partial charge in [0.1, 0.15) is 12.4 Å². The lowest BCUT2D eigenvalue weighted by Crippen LogP contribution is -2.35. The van der Waals surface area contributed by atoms with Gasteiger partial charge in [0.05, 0.1) is 11.6 Å². The van der Waals surface area contributed by atoms with Crippen molar-refractivity contribution in [1.29, 1.82) is 0 Å². The predicted octanol–water partition coefficient (Wildman–Crippen LogP) is 4.45. The van der Waals surface area contributed by atoms with Gasteiger partial charge in [0, 0.05) is 0 Å². The van der Waals surface area contributed by atoms with Crippen LogP contribution < -0.4 is 10.1 Å². The van der Waals surface area contributed by atoms with Crippen LogP contribution in [0.15, 0.2) is 48.5 Å². The van der Waals surface area contributed by atoms with E-state index in [0.29, 0.717) is 10.8 Å². The Labute approximate surface area is 159 Å². The first-order valence-electron chi connectivity index (χ1n) is 8.29. The normalized spacial score (nSPS) is 10.7. The zero-order valence-electron chi connectivity index (χ0n) is 14.9. The third kappa shape index (κ3) is 6.34. The molecule has 5 heteroatoms. The van der Waals surface area contributed by atoms with Crippen LogP contribution in [-0.4, -0.2) is 24.8 Å². The molecule has 0 radical (unpaired) electrons. The average molecular weight is 372 g/mol. The van der Waals surface area contributed by atoms with Crippen LogP contribution in [0.1, 0.15) is 25.0 Å². The fourth-order valence-corrected chi connectivity index (χ4v) is 2.47. The van der Waals surface area contributed by atoms with Gasteiger partial charge in [0.15, 0.2) is 5.60 Å². The summed E-state index contributed by atoms with van der Waals surface area (Å²) in [5.74, 6) is 2.96. The number of benzene rings is 2. The van der Waals surface area contributed by atoms with Gasteiger partial charge in [-0.25, -0.2) is 4.79 Å². The van der Waals surface area contributed by atoms with Gasteiger partial charge in [0.25, 0.3) is 0 Å². The van der Waals surface area contributed by atoms with Gasteiger partial charge in [-0.2, -0.15) is 0 Å². The minimum Gasteiger partial charge on any atom is -0.490 e. The molecule has 26 heavy (non-hydrogen) atoms. The third-order valence-corrected chi connectivity index (χ3v) is 3.87. The minimum atomic E-state index is -0.942. The summed E-state index contributed by atoms with van der Waals surface area (Å²) in [7, 11) is 0. The van der Waals surface area contributed by atoms with E-state index in [4.69, 9.17) is 27.5 Å². The maximum absolute atomic E-state index is 11.6. The first-order valence-corrected chi connectivity index (χ1v) is 8.67. The van der Waals surface area contributed by atoms with E-state index in [-0.39, 0.29) is 13.2 Å². The van der Waals surface area contributed by atoms with Crippen molar-refractivity contribution in [3.63, 3.8) is 0 Å². The summed E-state index contributed by atoms with van der Waals surface area (Å²) >= 11 is 6.28. The molecule has 0 unspecified atom stereocenters. The monoisotopic (exact) mass is 371 g/mol. The molecule has 2 rings (SSSR count). The molecule has 0 atom stereocenters. The molecule has 0 aliphatic rings. The second kappa shape index (κ2) is 9.17. The SMILES string of the molecule is C#CC(C)(C)OC(=O)NCCOc1ccc(Cc2ccccc2)cc1Cl. The molecule has 0 spiro atoms. The van der Waals surface area contributed by atoms with Gasteiger partial charge in [0.2, 0.25) is 0 Å². The molecule has 4 nitrogen and oxygen atoms in total. The number of rotatable bonds is 7. The highest BCUT2D eigenvalue weighted by molar-refractivity contribution is 6.32. The summed E-state index contributed by atoms with van der Waals surface area (Å²) in [6, 6.07) is 15.9. The molecule has 136 valence electrons. The van der Waals surface area contributed by atoms with Crippen LogP contribution in [0.3, 0.4) is 0 Å². The van der Waals surface area contributed by atoms with Crippen LogP contribution in [0.4, 0.5) is 4.79 Å². The van der Waals surface area contributed by atoms with E-state index in [2.05, 4.69) is 23.4 Å². The summed E-state index contributed by atoms with van der Waals surface area (Å²) in [6.45, 7) is 3.82. The summed E-state index contributed by atoms with van der Waals surface area (Å²) < 4.78 is 10.7. The number of carbonyl (C=O) groups is 1. The lowest BCUT2D eigenvalue weighted by Gasteiger charge is -2.18. The number of hydrogen-bond acceptors (Lipinski definition) is 3. The topological polar surface area (TPSA) is 47.6 Å². The van der Waals surface area contributed by atoms with Crippen molar-refractivity contribution in [1.82, 2.24) is 5.32 Å². The first kappa shape index (κ1) is 19.7. The summed E-state index contributed by atoms with van der Waals surface area (Å²) in [6.07, 6.45) is 5.49. The van der Waals surface area contributed by atoms with Crippen LogP contribution >= 0.6 is 11.6 Å². The van der Waals surface area contributed by atoms with Crippen molar-refractivity contribution >= 4 is 17.7 Å². The number of halogens is 1. The van der Waals surface area contributed by atoms with Crippen molar-refractivity contribution in [2.24, 2.45) is 0 Å². The summed E-state index contributed by atoms with van der Waals surface area (Å²) in [4.78, 5) is 11.6. The smallest absolute Gasteiger partial charge is 0.408 e. The van der Waals surface area contributed by atoms with Gasteiger partial charge in [-0.15, -0.1) is 6.42 Å². The Bertz CT molecular complexity index is 782. The highest BCUT2D eigenvalue weighted by Crippen LogP contribution is 2.26. The Balaban J connectivity index is 1.80. The lowest BCUT2D eigenvalue weighted by molar-refractivity contribution is 0.0773. The zero-order valence-corrected chi connectivity index (χ0v) is 15.7. The average Bonchev–Trinajstić information content (AvgIpc) is 2.61. The van der Waals surface area contributed by atoms with Crippen molar-refractivity contribution in [2.75, 3.05) is 13.2 Å². The quantitative estimate of drug-likeness (QED) is 0.578. The number of terminal acetylenes is 1. The molecule has 1 amide bonds. The highest BCUT2D eigenvalue weighted by atomic mass is 35.5. The molecule has 0 aromatic heterocycles. The first-order chi connectivity index (χ1) is 12.4. The third-order valence-electron chi connectivity index (χ3n) is 3.57. The molecule has 0 aliphatic heterocycles. The Morgan fingerprint density at radius 3 is 2.58 bits per heavy atom. The Morgan fingerprint density at radius 1 is 1.19 bits per heavy atom. The summed E-state index contributed by atoms with van der Waals surface area (Å²) in [5, 5.41) is 3.12. The molecule has 0 heterocycles. The van der Waals surface area contributed by atoms with Crippen LogP contribution in [0.2, 0.25) is 5.02 Å². The minimum absolute atomic E-state index is 0.267. The maximum Gasteiger partial charge on any atom is 0.408 e. The second-order valence-electron chi connectivity index (χ2n) is 6.25. The van der Waals surface area contributed by atoms with E-state index in [1.807, 2.05) is 36.4 Å². The Morgan fingerprint density at radius 2 is 1.92 bits per heavy atom. The number of amides is 1. The fraction of sp³-hybridized carbons (Fsp3) is 0.286. The number of carbonyl (C=O) groups excluding carboxylic acids is 1. The van der Waals surface area contributed by atoms with Gasteiger partial charge >= 0.3 is 6.09 Å². The Kier molecular flexibility index (Phi) is 6.94. The molecule has 0 saturated carbocycles. The van der Waals surface area contributed by atoms with Crippen molar-refractivity contribution < 1.29 is 14.3 Å².